The van der Waals surface area contributed by atoms with Crippen LogP contribution >= 0.6 is 0 Å². The van der Waals surface area contributed by atoms with Crippen molar-refractivity contribution in [2.24, 2.45) is 5.92 Å². The van der Waals surface area contributed by atoms with Gasteiger partial charge in [0.05, 0.1) is 5.92 Å². The molecule has 0 aromatic heterocycles. The summed E-state index contributed by atoms with van der Waals surface area (Å²) in [4.78, 5) is 11.0. The van der Waals surface area contributed by atoms with Gasteiger partial charge in [-0.2, -0.15) is 0 Å². The van der Waals surface area contributed by atoms with E-state index in [1.165, 1.54) is 0 Å². The molecule has 3 heteroatoms. The minimum Gasteiger partial charge on any atom is -0.508 e. The Morgan fingerprint density at radius 1 is 1.50 bits per heavy atom. The average molecular weight is 220 g/mol. The number of benzene rings is 1. The summed E-state index contributed by atoms with van der Waals surface area (Å²) in [6.07, 6.45) is 2.78. The van der Waals surface area contributed by atoms with Crippen molar-refractivity contribution >= 4 is 5.97 Å². The van der Waals surface area contributed by atoms with E-state index in [-0.39, 0.29) is 11.7 Å². The van der Waals surface area contributed by atoms with Crippen LogP contribution in [0.15, 0.2) is 18.2 Å². The predicted molar refractivity (Wildman–Crippen MR) is 60.6 cm³/mol. The number of aryl methyl sites for hydroxylation is 1. The molecule has 2 rings (SSSR count). The van der Waals surface area contributed by atoms with Crippen molar-refractivity contribution in [2.75, 3.05) is 0 Å². The van der Waals surface area contributed by atoms with Crippen molar-refractivity contribution in [2.45, 2.75) is 32.1 Å². The quantitative estimate of drug-likeness (QED) is 0.805. The van der Waals surface area contributed by atoms with E-state index in [4.69, 9.17) is 5.11 Å². The molecule has 0 saturated heterocycles. The van der Waals surface area contributed by atoms with E-state index in [2.05, 4.69) is 0 Å². The molecule has 16 heavy (non-hydrogen) atoms. The third kappa shape index (κ3) is 1.77. The first-order valence-corrected chi connectivity index (χ1v) is 5.65. The second-order valence-corrected chi connectivity index (χ2v) is 4.48. The number of aliphatic carboxylic acids is 1. The van der Waals surface area contributed by atoms with Crippen LogP contribution in [0.5, 0.6) is 5.75 Å². The summed E-state index contributed by atoms with van der Waals surface area (Å²) in [5.41, 5.74) is 1.95. The second-order valence-electron chi connectivity index (χ2n) is 4.48. The van der Waals surface area contributed by atoms with Crippen molar-refractivity contribution in [1.82, 2.24) is 0 Å². The predicted octanol–water partition coefficient (Wildman–Crippen LogP) is 2.53. The lowest BCUT2D eigenvalue weighted by molar-refractivity contribution is -0.142. The van der Waals surface area contributed by atoms with E-state index in [9.17, 15) is 9.90 Å². The SMILES string of the molecule is CC(C(=O)O)C1CCCc2cccc(O)c21. The summed E-state index contributed by atoms with van der Waals surface area (Å²) in [6.45, 7) is 1.72. The zero-order chi connectivity index (χ0) is 11.7. The summed E-state index contributed by atoms with van der Waals surface area (Å²) in [5.74, 6) is -1.04. The van der Waals surface area contributed by atoms with Crippen LogP contribution in [0.1, 0.15) is 36.8 Å². The highest BCUT2D eigenvalue weighted by Crippen LogP contribution is 2.41. The van der Waals surface area contributed by atoms with Gasteiger partial charge in [0.1, 0.15) is 5.75 Å². The highest BCUT2D eigenvalue weighted by Gasteiger charge is 2.31. The van der Waals surface area contributed by atoms with E-state index >= 15 is 0 Å². The molecule has 0 aliphatic heterocycles. The van der Waals surface area contributed by atoms with E-state index in [1.54, 1.807) is 13.0 Å². The highest BCUT2D eigenvalue weighted by molar-refractivity contribution is 5.71. The Balaban J connectivity index is 2.43. The maximum Gasteiger partial charge on any atom is 0.306 e. The Morgan fingerprint density at radius 3 is 2.94 bits per heavy atom. The first-order valence-electron chi connectivity index (χ1n) is 5.65. The molecule has 3 nitrogen and oxygen atoms in total. The van der Waals surface area contributed by atoms with Gasteiger partial charge in [0.25, 0.3) is 0 Å². The van der Waals surface area contributed by atoms with Gasteiger partial charge in [-0.3, -0.25) is 4.79 Å². The molecule has 0 amide bonds. The van der Waals surface area contributed by atoms with Crippen molar-refractivity contribution in [3.8, 4) is 5.75 Å². The number of phenols is 1. The fraction of sp³-hybridized carbons (Fsp3) is 0.462. The molecule has 2 N–H and O–H groups in total. The van der Waals surface area contributed by atoms with Crippen LogP contribution in [0.3, 0.4) is 0 Å². The number of carboxylic acids is 1. The Hall–Kier alpha value is -1.51. The van der Waals surface area contributed by atoms with Crippen molar-refractivity contribution in [3.63, 3.8) is 0 Å². The number of carboxylic acid groups (broad SMARTS) is 1. The molecule has 2 unspecified atom stereocenters. The first-order chi connectivity index (χ1) is 7.61. The molecule has 0 saturated carbocycles. The van der Waals surface area contributed by atoms with Gasteiger partial charge in [-0.25, -0.2) is 0 Å². The van der Waals surface area contributed by atoms with Crippen LogP contribution in [0.2, 0.25) is 0 Å². The van der Waals surface area contributed by atoms with Crippen molar-refractivity contribution in [1.29, 1.82) is 0 Å². The van der Waals surface area contributed by atoms with Crippen LogP contribution in [0, 0.1) is 5.92 Å². The number of rotatable bonds is 2. The molecule has 1 aromatic carbocycles. The number of carbonyl (C=O) groups is 1. The minimum atomic E-state index is -0.791. The summed E-state index contributed by atoms with van der Waals surface area (Å²) >= 11 is 0. The van der Waals surface area contributed by atoms with Gasteiger partial charge in [-0.15, -0.1) is 0 Å². The molecular weight excluding hydrogens is 204 g/mol. The molecule has 0 radical (unpaired) electrons. The lowest BCUT2D eigenvalue weighted by Gasteiger charge is -2.28. The van der Waals surface area contributed by atoms with Gasteiger partial charge in [0.15, 0.2) is 0 Å². The molecule has 86 valence electrons. The molecule has 0 heterocycles. The molecule has 1 aliphatic rings. The molecule has 0 spiro atoms. The maximum atomic E-state index is 11.0. The number of hydrogen-bond acceptors (Lipinski definition) is 2. The van der Waals surface area contributed by atoms with Crippen LogP contribution in [-0.4, -0.2) is 16.2 Å². The number of phenolic OH excluding ortho intramolecular Hbond substituents is 1. The lowest BCUT2D eigenvalue weighted by Crippen LogP contribution is -2.22. The van der Waals surface area contributed by atoms with E-state index < -0.39 is 11.9 Å². The van der Waals surface area contributed by atoms with Gasteiger partial charge < -0.3 is 10.2 Å². The number of aromatic hydroxyl groups is 1. The fourth-order valence-electron chi connectivity index (χ4n) is 2.57. The fourth-order valence-corrected chi connectivity index (χ4v) is 2.57. The smallest absolute Gasteiger partial charge is 0.306 e. The average Bonchev–Trinajstić information content (AvgIpc) is 2.27. The summed E-state index contributed by atoms with van der Waals surface area (Å²) in [6, 6.07) is 5.45. The van der Waals surface area contributed by atoms with Gasteiger partial charge in [-0.1, -0.05) is 19.1 Å². The molecule has 0 bridgehead atoms. The van der Waals surface area contributed by atoms with Crippen LogP contribution in [-0.2, 0) is 11.2 Å². The second kappa shape index (κ2) is 4.16. The summed E-state index contributed by atoms with van der Waals surface area (Å²) in [5, 5.41) is 18.9. The summed E-state index contributed by atoms with van der Waals surface area (Å²) in [7, 11) is 0. The van der Waals surface area contributed by atoms with Gasteiger partial charge in [0, 0.05) is 11.5 Å². The monoisotopic (exact) mass is 220 g/mol. The maximum absolute atomic E-state index is 11.0. The largest absolute Gasteiger partial charge is 0.508 e. The van der Waals surface area contributed by atoms with E-state index in [0.717, 1.165) is 30.4 Å². The zero-order valence-electron chi connectivity index (χ0n) is 9.31. The highest BCUT2D eigenvalue weighted by atomic mass is 16.4. The Bertz CT molecular complexity index is 412. The molecule has 1 aliphatic carbocycles. The Morgan fingerprint density at radius 2 is 2.25 bits per heavy atom. The minimum absolute atomic E-state index is 0.0533. The lowest BCUT2D eigenvalue weighted by atomic mass is 9.76. The normalized spacial score (nSPS) is 21.2. The van der Waals surface area contributed by atoms with Crippen molar-refractivity contribution in [3.05, 3.63) is 29.3 Å². The van der Waals surface area contributed by atoms with Crippen LogP contribution in [0.4, 0.5) is 0 Å². The molecular formula is C13H16O3. The Labute approximate surface area is 94.7 Å². The third-order valence-corrected chi connectivity index (χ3v) is 3.50. The standard InChI is InChI=1S/C13H16O3/c1-8(13(15)16)10-6-2-4-9-5-3-7-11(14)12(9)10/h3,5,7-8,10,14H,2,4,6H2,1H3,(H,15,16). The molecule has 0 fully saturated rings. The number of fused-ring (bicyclic) bond motifs is 1. The zero-order valence-corrected chi connectivity index (χ0v) is 9.31. The van der Waals surface area contributed by atoms with Crippen LogP contribution in [0.25, 0.3) is 0 Å². The van der Waals surface area contributed by atoms with Gasteiger partial charge in [0.2, 0.25) is 0 Å². The topological polar surface area (TPSA) is 57.5 Å². The third-order valence-electron chi connectivity index (χ3n) is 3.50. The Kier molecular flexibility index (Phi) is 2.86. The van der Waals surface area contributed by atoms with E-state index in [1.807, 2.05) is 12.1 Å². The van der Waals surface area contributed by atoms with Gasteiger partial charge >= 0.3 is 5.97 Å². The number of hydrogen-bond donors (Lipinski definition) is 2. The van der Waals surface area contributed by atoms with Crippen molar-refractivity contribution < 1.29 is 15.0 Å². The first kappa shape index (κ1) is 11.0. The van der Waals surface area contributed by atoms with E-state index in [0.29, 0.717) is 0 Å². The molecule has 1 aromatic rings. The van der Waals surface area contributed by atoms with Gasteiger partial charge in [-0.05, 0) is 30.9 Å². The van der Waals surface area contributed by atoms with Crippen LogP contribution < -0.4 is 0 Å². The summed E-state index contributed by atoms with van der Waals surface area (Å²) < 4.78 is 0. The molecule has 2 atom stereocenters.